The van der Waals surface area contributed by atoms with E-state index in [0.29, 0.717) is 5.92 Å². The number of benzene rings is 1. The van der Waals surface area contributed by atoms with Crippen molar-refractivity contribution in [1.29, 1.82) is 0 Å². The van der Waals surface area contributed by atoms with Gasteiger partial charge in [0.2, 0.25) is 0 Å². The Hall–Kier alpha value is -1.91. The van der Waals surface area contributed by atoms with E-state index in [1.807, 2.05) is 24.4 Å². The highest BCUT2D eigenvalue weighted by molar-refractivity contribution is 5.60. The average molecular weight is 468 g/mol. The van der Waals surface area contributed by atoms with Crippen molar-refractivity contribution in [1.82, 2.24) is 4.98 Å². The molecule has 0 spiro atoms. The molecule has 1 aromatic carbocycles. The molecule has 1 aliphatic heterocycles. The van der Waals surface area contributed by atoms with Crippen molar-refractivity contribution in [2.75, 3.05) is 19.8 Å². The Morgan fingerprint density at radius 2 is 1.41 bits per heavy atom. The third-order valence-electron chi connectivity index (χ3n) is 6.66. The number of hydrogen-bond donors (Lipinski definition) is 0. The van der Waals surface area contributed by atoms with Crippen LogP contribution in [-0.2, 0) is 9.47 Å². The lowest BCUT2D eigenvalue weighted by Crippen LogP contribution is -2.27. The van der Waals surface area contributed by atoms with Crippen LogP contribution in [0, 0.1) is 5.92 Å². The minimum atomic E-state index is -0.296. The van der Waals surface area contributed by atoms with Crippen molar-refractivity contribution in [3.8, 4) is 17.0 Å². The first-order valence-corrected chi connectivity index (χ1v) is 13.7. The summed E-state index contributed by atoms with van der Waals surface area (Å²) in [6, 6.07) is 12.4. The Morgan fingerprint density at radius 1 is 0.765 bits per heavy atom. The highest BCUT2D eigenvalue weighted by Crippen LogP contribution is 2.28. The molecule has 4 nitrogen and oxygen atoms in total. The van der Waals surface area contributed by atoms with E-state index in [1.165, 1.54) is 70.6 Å². The van der Waals surface area contributed by atoms with Gasteiger partial charge in [0.1, 0.15) is 5.75 Å². The van der Waals surface area contributed by atoms with E-state index < -0.39 is 0 Å². The van der Waals surface area contributed by atoms with Crippen LogP contribution in [-0.4, -0.2) is 24.8 Å². The van der Waals surface area contributed by atoms with Gasteiger partial charge in [-0.15, -0.1) is 0 Å². The van der Waals surface area contributed by atoms with Crippen LogP contribution >= 0.6 is 0 Å². The van der Waals surface area contributed by atoms with E-state index in [2.05, 4.69) is 37.0 Å². The van der Waals surface area contributed by atoms with Crippen molar-refractivity contribution in [2.24, 2.45) is 5.92 Å². The lowest BCUT2D eigenvalue weighted by Gasteiger charge is -2.29. The van der Waals surface area contributed by atoms with Crippen molar-refractivity contribution in [2.45, 2.75) is 97.2 Å². The van der Waals surface area contributed by atoms with Gasteiger partial charge in [-0.2, -0.15) is 0 Å². The second-order valence-electron chi connectivity index (χ2n) is 9.68. The molecule has 188 valence electrons. The summed E-state index contributed by atoms with van der Waals surface area (Å²) in [7, 11) is 0. The molecular weight excluding hydrogens is 422 g/mol. The summed E-state index contributed by atoms with van der Waals surface area (Å²) in [5, 5.41) is 0. The molecule has 3 rings (SSSR count). The number of nitrogens with zero attached hydrogens (tertiary/aromatic N) is 1. The van der Waals surface area contributed by atoms with E-state index in [4.69, 9.17) is 14.2 Å². The number of aromatic nitrogens is 1. The van der Waals surface area contributed by atoms with E-state index in [9.17, 15) is 0 Å². The van der Waals surface area contributed by atoms with Crippen LogP contribution in [0.2, 0.25) is 0 Å². The monoisotopic (exact) mass is 467 g/mol. The topological polar surface area (TPSA) is 40.6 Å². The van der Waals surface area contributed by atoms with E-state index >= 15 is 0 Å². The molecule has 0 N–H and O–H groups in total. The minimum absolute atomic E-state index is 0.296. The summed E-state index contributed by atoms with van der Waals surface area (Å²) in [5.41, 5.74) is 3.03. The second kappa shape index (κ2) is 15.9. The molecule has 1 saturated heterocycles. The third kappa shape index (κ3) is 9.38. The van der Waals surface area contributed by atoms with Crippen LogP contribution in [0.15, 0.2) is 42.6 Å². The number of unbranched alkanes of at least 4 members (excludes halogenated alkanes) is 9. The zero-order valence-electron chi connectivity index (χ0n) is 21.5. The SMILES string of the molecule is CCCCCCCCOc1ccc(-c2ccc([C@H]3OC[C@H](CCCCCCC)CO3)cn2)cc1. The molecule has 0 saturated carbocycles. The molecule has 0 bridgehead atoms. The Kier molecular flexibility index (Phi) is 12.5. The van der Waals surface area contributed by atoms with Crippen LogP contribution in [0.1, 0.15) is 103 Å². The van der Waals surface area contributed by atoms with Crippen molar-refractivity contribution in [3.63, 3.8) is 0 Å². The third-order valence-corrected chi connectivity index (χ3v) is 6.66. The van der Waals surface area contributed by atoms with Crippen molar-refractivity contribution >= 4 is 0 Å². The van der Waals surface area contributed by atoms with E-state index in [-0.39, 0.29) is 6.29 Å². The van der Waals surface area contributed by atoms with E-state index in [1.54, 1.807) is 0 Å². The fourth-order valence-electron chi connectivity index (χ4n) is 4.45. The predicted molar refractivity (Wildman–Crippen MR) is 140 cm³/mol. The van der Waals surface area contributed by atoms with Crippen LogP contribution in [0.25, 0.3) is 11.3 Å². The number of hydrogen-bond acceptors (Lipinski definition) is 4. The van der Waals surface area contributed by atoms with Gasteiger partial charge in [0, 0.05) is 23.2 Å². The van der Waals surface area contributed by atoms with Crippen LogP contribution in [0.3, 0.4) is 0 Å². The molecule has 0 radical (unpaired) electrons. The number of rotatable bonds is 16. The van der Waals surface area contributed by atoms with Gasteiger partial charge in [-0.05, 0) is 43.2 Å². The molecule has 34 heavy (non-hydrogen) atoms. The van der Waals surface area contributed by atoms with Gasteiger partial charge < -0.3 is 14.2 Å². The molecule has 0 unspecified atom stereocenters. The maximum atomic E-state index is 6.01. The number of ether oxygens (including phenoxy) is 3. The van der Waals surface area contributed by atoms with Crippen molar-refractivity contribution < 1.29 is 14.2 Å². The average Bonchev–Trinajstić information content (AvgIpc) is 2.89. The highest BCUT2D eigenvalue weighted by atomic mass is 16.7. The predicted octanol–water partition coefficient (Wildman–Crippen LogP) is 8.51. The summed E-state index contributed by atoms with van der Waals surface area (Å²) in [5.74, 6) is 1.45. The Balaban J connectivity index is 1.37. The first kappa shape index (κ1) is 26.7. The quantitative estimate of drug-likeness (QED) is 0.232. The Bertz CT molecular complexity index is 767. The van der Waals surface area contributed by atoms with Crippen LogP contribution in [0.5, 0.6) is 5.75 Å². The van der Waals surface area contributed by atoms with Gasteiger partial charge in [-0.25, -0.2) is 0 Å². The lowest BCUT2D eigenvalue weighted by molar-refractivity contribution is -0.206. The van der Waals surface area contributed by atoms with Crippen LogP contribution < -0.4 is 4.74 Å². The van der Waals surface area contributed by atoms with Gasteiger partial charge in [0.15, 0.2) is 6.29 Å². The zero-order valence-corrected chi connectivity index (χ0v) is 21.5. The molecule has 1 fully saturated rings. The van der Waals surface area contributed by atoms with Crippen molar-refractivity contribution in [3.05, 3.63) is 48.2 Å². The summed E-state index contributed by atoms with van der Waals surface area (Å²) < 4.78 is 17.9. The second-order valence-corrected chi connectivity index (χ2v) is 9.68. The molecule has 0 amide bonds. The fourth-order valence-corrected chi connectivity index (χ4v) is 4.45. The van der Waals surface area contributed by atoms with Gasteiger partial charge >= 0.3 is 0 Å². The Labute approximate surface area is 207 Å². The summed E-state index contributed by atoms with van der Waals surface area (Å²) in [4.78, 5) is 4.66. The molecule has 2 heterocycles. The normalized spacial score (nSPS) is 18.2. The van der Waals surface area contributed by atoms with Gasteiger partial charge in [-0.3, -0.25) is 4.98 Å². The molecule has 2 aromatic rings. The fraction of sp³-hybridized carbons (Fsp3) is 0.633. The summed E-state index contributed by atoms with van der Waals surface area (Å²) in [6.45, 7) is 6.86. The number of pyridine rings is 1. The van der Waals surface area contributed by atoms with E-state index in [0.717, 1.165) is 48.8 Å². The minimum Gasteiger partial charge on any atom is -0.494 e. The molecule has 1 aliphatic rings. The molecule has 0 atom stereocenters. The van der Waals surface area contributed by atoms with Gasteiger partial charge in [0.25, 0.3) is 0 Å². The molecule has 0 aliphatic carbocycles. The molecular formula is C30H45NO3. The Morgan fingerprint density at radius 3 is 2.06 bits per heavy atom. The van der Waals surface area contributed by atoms with Crippen LogP contribution in [0.4, 0.5) is 0 Å². The molecule has 1 aromatic heterocycles. The largest absolute Gasteiger partial charge is 0.494 e. The smallest absolute Gasteiger partial charge is 0.185 e. The maximum Gasteiger partial charge on any atom is 0.185 e. The lowest BCUT2D eigenvalue weighted by atomic mass is 10.0. The highest BCUT2D eigenvalue weighted by Gasteiger charge is 2.23. The molecule has 4 heteroatoms. The first-order chi connectivity index (χ1) is 16.8. The van der Waals surface area contributed by atoms with Gasteiger partial charge in [0.05, 0.1) is 25.5 Å². The summed E-state index contributed by atoms with van der Waals surface area (Å²) >= 11 is 0. The standard InChI is InChI=1S/C30H45NO3/c1-3-5-7-9-11-13-21-32-28-18-15-26(16-19-28)29-20-17-27(22-31-29)30-33-23-25(24-34-30)14-12-10-8-6-4-2/h15-20,22,25,30H,3-14,21,23-24H2,1-2H3/t25-,30-. The van der Waals surface area contributed by atoms with Gasteiger partial charge in [-0.1, -0.05) is 84.1 Å². The summed E-state index contributed by atoms with van der Waals surface area (Å²) in [6.07, 6.45) is 17.1. The maximum absolute atomic E-state index is 6.01. The first-order valence-electron chi connectivity index (χ1n) is 13.7. The zero-order chi connectivity index (χ0) is 23.8.